The number of nitrogens with zero attached hydrogens (tertiary/aromatic N) is 2. The summed E-state index contributed by atoms with van der Waals surface area (Å²) in [5, 5.41) is 3.59. The average molecular weight is 296 g/mol. The van der Waals surface area contributed by atoms with Crippen molar-refractivity contribution in [1.29, 1.82) is 0 Å². The summed E-state index contributed by atoms with van der Waals surface area (Å²) in [5.41, 5.74) is 0.394. The molecule has 1 aromatic heterocycles. The lowest BCUT2D eigenvalue weighted by Gasteiger charge is -2.32. The number of rotatable bonds is 5. The molecule has 1 aliphatic rings. The number of carbonyl (C=O) groups excluding carboxylic acids is 1. The van der Waals surface area contributed by atoms with Crippen molar-refractivity contribution < 1.29 is 4.79 Å². The molecule has 1 amide bonds. The average Bonchev–Trinajstić information content (AvgIpc) is 2.46. The van der Waals surface area contributed by atoms with Crippen molar-refractivity contribution in [2.24, 2.45) is 0 Å². The first-order valence-electron chi connectivity index (χ1n) is 7.34. The van der Waals surface area contributed by atoms with Crippen LogP contribution in [0.25, 0.3) is 0 Å². The van der Waals surface area contributed by atoms with Crippen molar-refractivity contribution in [3.63, 3.8) is 0 Å². The van der Waals surface area contributed by atoms with Gasteiger partial charge >= 0.3 is 0 Å². The summed E-state index contributed by atoms with van der Waals surface area (Å²) in [6, 6.07) is 3.53. The smallest absolute Gasteiger partial charge is 0.270 e. The van der Waals surface area contributed by atoms with E-state index in [1.165, 1.54) is 19.4 Å². The maximum atomic E-state index is 12.1. The van der Waals surface area contributed by atoms with Gasteiger partial charge in [-0.05, 0) is 37.9 Å². The second-order valence-electron chi connectivity index (χ2n) is 5.30. The van der Waals surface area contributed by atoms with E-state index in [9.17, 15) is 4.79 Å². The molecule has 2 rings (SSSR count). The molecule has 0 radical (unpaired) electrons. The molecule has 0 saturated carbocycles. The van der Waals surface area contributed by atoms with Crippen LogP contribution in [-0.2, 0) is 0 Å². The minimum Gasteiger partial charge on any atom is -0.348 e. The minimum atomic E-state index is -0.125. The Morgan fingerprint density at radius 3 is 2.90 bits per heavy atom. The predicted molar refractivity (Wildman–Crippen MR) is 81.1 cm³/mol. The van der Waals surface area contributed by atoms with Gasteiger partial charge in [0, 0.05) is 30.4 Å². The molecule has 1 fully saturated rings. The van der Waals surface area contributed by atoms with Crippen LogP contribution < -0.4 is 5.32 Å². The van der Waals surface area contributed by atoms with E-state index in [1.54, 1.807) is 18.3 Å². The van der Waals surface area contributed by atoms with Gasteiger partial charge in [-0.25, -0.2) is 0 Å². The number of likely N-dealkylation sites (tertiary alicyclic amines) is 1. The first-order chi connectivity index (χ1) is 9.69. The van der Waals surface area contributed by atoms with E-state index >= 15 is 0 Å². The van der Waals surface area contributed by atoms with Gasteiger partial charge in [-0.3, -0.25) is 9.78 Å². The van der Waals surface area contributed by atoms with E-state index in [0.29, 0.717) is 10.7 Å². The van der Waals surface area contributed by atoms with Gasteiger partial charge in [-0.1, -0.05) is 24.9 Å². The quantitative estimate of drug-likeness (QED) is 0.908. The van der Waals surface area contributed by atoms with Crippen molar-refractivity contribution in [2.45, 2.75) is 38.6 Å². The lowest BCUT2D eigenvalue weighted by molar-refractivity contribution is 0.0906. The van der Waals surface area contributed by atoms with E-state index in [0.717, 1.165) is 25.9 Å². The number of carbonyl (C=O) groups is 1. The van der Waals surface area contributed by atoms with Gasteiger partial charge in [-0.2, -0.15) is 0 Å². The zero-order valence-corrected chi connectivity index (χ0v) is 12.7. The van der Waals surface area contributed by atoms with Gasteiger partial charge in [-0.15, -0.1) is 0 Å². The molecule has 1 N–H and O–H groups in total. The Bertz CT molecular complexity index is 444. The van der Waals surface area contributed by atoms with Crippen LogP contribution in [0.3, 0.4) is 0 Å². The van der Waals surface area contributed by atoms with Gasteiger partial charge < -0.3 is 10.2 Å². The molecule has 20 heavy (non-hydrogen) atoms. The maximum Gasteiger partial charge on any atom is 0.270 e. The number of piperidine rings is 1. The lowest BCUT2D eigenvalue weighted by atomic mass is 10.0. The molecule has 1 saturated heterocycles. The lowest BCUT2D eigenvalue weighted by Crippen LogP contribution is -2.45. The molecule has 4 nitrogen and oxygen atoms in total. The normalized spacial score (nSPS) is 17.1. The largest absolute Gasteiger partial charge is 0.348 e. The third-order valence-electron chi connectivity index (χ3n) is 3.71. The number of nitrogens with one attached hydrogen (secondary N) is 1. The monoisotopic (exact) mass is 295 g/mol. The van der Waals surface area contributed by atoms with Crippen LogP contribution >= 0.6 is 11.6 Å². The Balaban J connectivity index is 1.79. The fourth-order valence-electron chi connectivity index (χ4n) is 2.47. The molecule has 2 heterocycles. The van der Waals surface area contributed by atoms with Crippen LogP contribution in [0.4, 0.5) is 0 Å². The molecule has 110 valence electrons. The van der Waals surface area contributed by atoms with E-state index in [1.807, 2.05) is 0 Å². The summed E-state index contributed by atoms with van der Waals surface area (Å²) in [4.78, 5) is 18.6. The molecular formula is C15H22ClN3O. The number of halogens is 1. The Morgan fingerprint density at radius 2 is 2.25 bits per heavy atom. The molecule has 1 aliphatic heterocycles. The zero-order valence-electron chi connectivity index (χ0n) is 11.9. The highest BCUT2D eigenvalue weighted by molar-refractivity contribution is 6.30. The fraction of sp³-hybridized carbons (Fsp3) is 0.600. The highest BCUT2D eigenvalue weighted by Gasteiger charge is 2.21. The number of unbranched alkanes of at least 4 members (excludes halogenated alkanes) is 1. The number of hydrogen-bond donors (Lipinski definition) is 1. The van der Waals surface area contributed by atoms with Gasteiger partial charge in [0.05, 0.1) is 0 Å². The number of pyridine rings is 1. The molecule has 0 atom stereocenters. The van der Waals surface area contributed by atoms with Crippen molar-refractivity contribution >= 4 is 17.5 Å². The zero-order chi connectivity index (χ0) is 14.4. The van der Waals surface area contributed by atoms with Crippen LogP contribution in [0.2, 0.25) is 5.02 Å². The first-order valence-corrected chi connectivity index (χ1v) is 7.71. The molecule has 0 bridgehead atoms. The molecule has 0 aromatic carbocycles. The standard InChI is InChI=1S/C15H22ClN3O/c1-2-3-8-19-9-5-13(6-10-19)18-15(20)14-11-12(16)4-7-17-14/h4,7,11,13H,2-3,5-6,8-10H2,1H3,(H,18,20). The minimum absolute atomic E-state index is 0.125. The highest BCUT2D eigenvalue weighted by atomic mass is 35.5. The maximum absolute atomic E-state index is 12.1. The Kier molecular flexibility index (Phi) is 5.80. The molecular weight excluding hydrogens is 274 g/mol. The predicted octanol–water partition coefficient (Wildman–Crippen LogP) is 2.73. The van der Waals surface area contributed by atoms with E-state index in [4.69, 9.17) is 11.6 Å². The Hall–Kier alpha value is -1.13. The van der Waals surface area contributed by atoms with Crippen molar-refractivity contribution in [2.75, 3.05) is 19.6 Å². The van der Waals surface area contributed by atoms with Crippen LogP contribution in [0.15, 0.2) is 18.3 Å². The Labute approximate surface area is 125 Å². The number of aromatic nitrogens is 1. The van der Waals surface area contributed by atoms with E-state index < -0.39 is 0 Å². The summed E-state index contributed by atoms with van der Waals surface area (Å²) in [7, 11) is 0. The second-order valence-corrected chi connectivity index (χ2v) is 5.74. The third-order valence-corrected chi connectivity index (χ3v) is 3.94. The van der Waals surface area contributed by atoms with Gasteiger partial charge in [0.2, 0.25) is 0 Å². The topological polar surface area (TPSA) is 45.2 Å². The van der Waals surface area contributed by atoms with E-state index in [2.05, 4.69) is 22.1 Å². The summed E-state index contributed by atoms with van der Waals surface area (Å²) in [6.07, 6.45) is 6.07. The number of hydrogen-bond acceptors (Lipinski definition) is 3. The van der Waals surface area contributed by atoms with Crippen LogP contribution in [0.5, 0.6) is 0 Å². The van der Waals surface area contributed by atoms with Gasteiger partial charge in [0.15, 0.2) is 0 Å². The second kappa shape index (κ2) is 7.60. The van der Waals surface area contributed by atoms with Crippen LogP contribution in [0, 0.1) is 0 Å². The molecule has 0 unspecified atom stereocenters. The van der Waals surface area contributed by atoms with Gasteiger partial charge in [0.1, 0.15) is 5.69 Å². The highest BCUT2D eigenvalue weighted by Crippen LogP contribution is 2.13. The fourth-order valence-corrected chi connectivity index (χ4v) is 2.63. The van der Waals surface area contributed by atoms with Crippen molar-refractivity contribution in [3.05, 3.63) is 29.0 Å². The van der Waals surface area contributed by atoms with Crippen molar-refractivity contribution in [1.82, 2.24) is 15.2 Å². The SMILES string of the molecule is CCCCN1CCC(NC(=O)c2cc(Cl)ccn2)CC1. The number of amides is 1. The first kappa shape index (κ1) is 15.3. The summed E-state index contributed by atoms with van der Waals surface area (Å²) >= 11 is 5.87. The van der Waals surface area contributed by atoms with E-state index in [-0.39, 0.29) is 11.9 Å². The molecule has 0 aliphatic carbocycles. The van der Waals surface area contributed by atoms with Crippen LogP contribution in [-0.4, -0.2) is 41.5 Å². The molecule has 5 heteroatoms. The summed E-state index contributed by atoms with van der Waals surface area (Å²) in [6.45, 7) is 5.51. The summed E-state index contributed by atoms with van der Waals surface area (Å²) < 4.78 is 0. The Morgan fingerprint density at radius 1 is 1.50 bits per heavy atom. The molecule has 0 spiro atoms. The summed E-state index contributed by atoms with van der Waals surface area (Å²) in [5.74, 6) is -0.125. The van der Waals surface area contributed by atoms with Gasteiger partial charge in [0.25, 0.3) is 5.91 Å². The third kappa shape index (κ3) is 4.46. The molecule has 1 aromatic rings. The van der Waals surface area contributed by atoms with Crippen molar-refractivity contribution in [3.8, 4) is 0 Å². The van der Waals surface area contributed by atoms with Crippen LogP contribution in [0.1, 0.15) is 43.1 Å².